The van der Waals surface area contributed by atoms with E-state index < -0.39 is 12.3 Å². The molecule has 0 amide bonds. The van der Waals surface area contributed by atoms with Crippen LogP contribution in [0.4, 0.5) is 13.2 Å². The zero-order valence-corrected chi connectivity index (χ0v) is 20.2. The van der Waals surface area contributed by atoms with Crippen LogP contribution in [0.25, 0.3) is 21.3 Å². The molecule has 178 valence electrons. The third-order valence-electron chi connectivity index (χ3n) is 5.17. The Balaban J connectivity index is 0.000000486. The molecule has 3 heterocycles. The van der Waals surface area contributed by atoms with Crippen LogP contribution in [0.15, 0.2) is 60.9 Å². The Labute approximate surface area is 208 Å². The zero-order valence-electron chi connectivity index (χ0n) is 17.8. The van der Waals surface area contributed by atoms with Gasteiger partial charge in [0.1, 0.15) is 0 Å². The quantitative estimate of drug-likeness (QED) is 0.277. The van der Waals surface area contributed by atoms with Gasteiger partial charge in [0.2, 0.25) is 0 Å². The number of benzene rings is 1. The molecule has 3 aromatic heterocycles. The Hall–Kier alpha value is -2.17. The summed E-state index contributed by atoms with van der Waals surface area (Å²) in [7, 11) is 0. The van der Waals surface area contributed by atoms with Gasteiger partial charge in [0.15, 0.2) is 6.10 Å². The number of nitrogens with two attached hydrogens (primary N) is 1. The molecule has 1 atom stereocenters. The summed E-state index contributed by atoms with van der Waals surface area (Å²) in [6, 6.07) is 13.6. The van der Waals surface area contributed by atoms with Crippen molar-refractivity contribution in [1.82, 2.24) is 9.97 Å². The van der Waals surface area contributed by atoms with Crippen LogP contribution in [0, 0.1) is 0 Å². The van der Waals surface area contributed by atoms with Gasteiger partial charge in [0.05, 0.1) is 16.4 Å². The second-order valence-electron chi connectivity index (χ2n) is 7.80. The molecule has 1 unspecified atom stereocenters. The minimum Gasteiger partial charge on any atom is -0.379 e. The van der Waals surface area contributed by atoms with Crippen LogP contribution >= 0.6 is 34.9 Å². The lowest BCUT2D eigenvalue weighted by Crippen LogP contribution is -2.20. The molecule has 0 saturated heterocycles. The van der Waals surface area contributed by atoms with Crippen molar-refractivity contribution in [2.75, 3.05) is 0 Å². The van der Waals surface area contributed by atoms with Gasteiger partial charge in [-0.25, -0.2) is 0 Å². The van der Waals surface area contributed by atoms with Gasteiger partial charge in [0, 0.05) is 39.2 Å². The first-order valence-corrected chi connectivity index (χ1v) is 12.6. The molecule has 1 aliphatic rings. The molecule has 0 radical (unpaired) electrons. The minimum atomic E-state index is -4.73. The summed E-state index contributed by atoms with van der Waals surface area (Å²) in [5, 5.41) is 17.1. The highest BCUT2D eigenvalue weighted by atomic mass is 35.5. The SMILES string of the molecule is NSC1CC1.OC(c1ccnc(-c2cccc3cc(Cc4ncccc4Cl)sc23)c1)C(F)(F)F. The van der Waals surface area contributed by atoms with E-state index >= 15 is 0 Å². The summed E-state index contributed by atoms with van der Waals surface area (Å²) < 4.78 is 39.5. The third-order valence-corrected chi connectivity index (χ3v) is 7.56. The fourth-order valence-electron chi connectivity index (χ4n) is 3.28. The van der Waals surface area contributed by atoms with E-state index in [4.69, 9.17) is 16.7 Å². The van der Waals surface area contributed by atoms with Gasteiger partial charge in [-0.2, -0.15) is 13.2 Å². The third kappa shape index (κ3) is 6.09. The number of rotatable bonds is 5. The summed E-state index contributed by atoms with van der Waals surface area (Å²) in [4.78, 5) is 9.56. The van der Waals surface area contributed by atoms with E-state index in [1.54, 1.807) is 18.3 Å². The highest BCUT2D eigenvalue weighted by molar-refractivity contribution is 7.97. The maximum Gasteiger partial charge on any atom is 0.418 e. The molecule has 0 spiro atoms. The van der Waals surface area contributed by atoms with Crippen molar-refractivity contribution in [2.24, 2.45) is 5.14 Å². The molecular formula is C24H21ClF3N3OS2. The van der Waals surface area contributed by atoms with E-state index in [2.05, 4.69) is 9.97 Å². The number of aliphatic hydroxyl groups is 1. The molecule has 4 nitrogen and oxygen atoms in total. The van der Waals surface area contributed by atoms with Gasteiger partial charge in [-0.1, -0.05) is 41.7 Å². The van der Waals surface area contributed by atoms with Crippen molar-refractivity contribution in [1.29, 1.82) is 0 Å². The normalized spacial score (nSPS) is 14.5. The molecule has 34 heavy (non-hydrogen) atoms. The molecule has 1 fully saturated rings. The van der Waals surface area contributed by atoms with Gasteiger partial charge < -0.3 is 5.11 Å². The zero-order chi connectivity index (χ0) is 24.3. The number of hydrogen-bond acceptors (Lipinski definition) is 6. The molecule has 0 bridgehead atoms. The lowest BCUT2D eigenvalue weighted by Gasteiger charge is -2.15. The van der Waals surface area contributed by atoms with Crippen molar-refractivity contribution in [2.45, 2.75) is 36.8 Å². The Morgan fingerprint density at radius 1 is 1.12 bits per heavy atom. The van der Waals surface area contributed by atoms with Crippen molar-refractivity contribution in [3.63, 3.8) is 0 Å². The lowest BCUT2D eigenvalue weighted by atomic mass is 10.0. The number of aromatic nitrogens is 2. The largest absolute Gasteiger partial charge is 0.418 e. The average Bonchev–Trinajstić information content (AvgIpc) is 3.58. The number of hydrogen-bond donors (Lipinski definition) is 2. The predicted octanol–water partition coefficient (Wildman–Crippen LogP) is 6.95. The van der Waals surface area contributed by atoms with Gasteiger partial charge in [0.25, 0.3) is 0 Å². The average molecular weight is 524 g/mol. The second-order valence-corrected chi connectivity index (χ2v) is 10.3. The van der Waals surface area contributed by atoms with Gasteiger partial charge in [-0.05, 0) is 54.1 Å². The predicted molar refractivity (Wildman–Crippen MR) is 133 cm³/mol. The van der Waals surface area contributed by atoms with Crippen LogP contribution < -0.4 is 5.14 Å². The summed E-state index contributed by atoms with van der Waals surface area (Å²) in [6.07, 6.45) is -1.07. The number of aliphatic hydroxyl groups excluding tert-OH is 1. The molecule has 1 saturated carbocycles. The fraction of sp³-hybridized carbons (Fsp3) is 0.250. The van der Waals surface area contributed by atoms with Crippen LogP contribution in [0.5, 0.6) is 0 Å². The van der Waals surface area contributed by atoms with Gasteiger partial charge >= 0.3 is 6.18 Å². The minimum absolute atomic E-state index is 0.239. The summed E-state index contributed by atoms with van der Waals surface area (Å²) in [6.45, 7) is 0. The second kappa shape index (κ2) is 10.6. The van der Waals surface area contributed by atoms with E-state index in [0.29, 0.717) is 22.7 Å². The number of thiophene rings is 1. The molecule has 10 heteroatoms. The van der Waals surface area contributed by atoms with E-state index in [-0.39, 0.29) is 5.56 Å². The van der Waals surface area contributed by atoms with Crippen molar-refractivity contribution in [3.8, 4) is 11.3 Å². The molecule has 0 aliphatic heterocycles. The first kappa shape index (κ1) is 24.9. The van der Waals surface area contributed by atoms with Gasteiger partial charge in [-0.15, -0.1) is 11.3 Å². The Bertz CT molecular complexity index is 1280. The standard InChI is InChI=1S/C21H14ClF3N2OS.C3H7NS/c22-16-5-2-7-26-18(16)11-14-9-12-3-1-4-15(19(12)29-14)17-10-13(6-8-27-17)20(28)21(23,24)25;4-5-3-1-2-3/h1-10,20,28H,11H2;3H,1-2,4H2. The number of fused-ring (bicyclic) bond motifs is 1. The fourth-order valence-corrected chi connectivity index (χ4v) is 5.06. The monoisotopic (exact) mass is 523 g/mol. The number of alkyl halides is 3. The first-order valence-electron chi connectivity index (χ1n) is 10.4. The Morgan fingerprint density at radius 2 is 1.91 bits per heavy atom. The smallest absolute Gasteiger partial charge is 0.379 e. The van der Waals surface area contributed by atoms with E-state index in [9.17, 15) is 18.3 Å². The number of halogens is 4. The number of pyridine rings is 2. The van der Waals surface area contributed by atoms with Crippen LogP contribution in [0.3, 0.4) is 0 Å². The Morgan fingerprint density at radius 3 is 2.56 bits per heavy atom. The summed E-state index contributed by atoms with van der Waals surface area (Å²) in [5.74, 6) is 0. The summed E-state index contributed by atoms with van der Waals surface area (Å²) in [5.41, 5.74) is 1.61. The van der Waals surface area contributed by atoms with E-state index in [1.165, 1.54) is 54.5 Å². The molecule has 1 aromatic carbocycles. The molecule has 3 N–H and O–H groups in total. The van der Waals surface area contributed by atoms with E-state index in [0.717, 1.165) is 25.9 Å². The molecule has 1 aliphatic carbocycles. The van der Waals surface area contributed by atoms with Crippen molar-refractivity contribution < 1.29 is 18.3 Å². The lowest BCUT2D eigenvalue weighted by molar-refractivity contribution is -0.206. The van der Waals surface area contributed by atoms with Crippen molar-refractivity contribution >= 4 is 45.0 Å². The maximum absolute atomic E-state index is 12.9. The van der Waals surface area contributed by atoms with Gasteiger partial charge in [-0.3, -0.25) is 15.1 Å². The van der Waals surface area contributed by atoms with E-state index in [1.807, 2.05) is 24.3 Å². The highest BCUT2D eigenvalue weighted by Crippen LogP contribution is 2.38. The van der Waals surface area contributed by atoms with Crippen LogP contribution in [0.2, 0.25) is 5.02 Å². The number of nitrogens with zero attached hydrogens (tertiary/aromatic N) is 2. The van der Waals surface area contributed by atoms with Crippen molar-refractivity contribution in [3.05, 3.63) is 82.1 Å². The Kier molecular flexibility index (Phi) is 7.79. The molecule has 5 rings (SSSR count). The molecule has 4 aromatic rings. The highest BCUT2D eigenvalue weighted by Gasteiger charge is 2.39. The van der Waals surface area contributed by atoms with Crippen LogP contribution in [-0.2, 0) is 6.42 Å². The first-order chi connectivity index (χ1) is 16.3. The summed E-state index contributed by atoms with van der Waals surface area (Å²) >= 11 is 9.21. The topological polar surface area (TPSA) is 72.0 Å². The van der Waals surface area contributed by atoms with Crippen LogP contribution in [-0.4, -0.2) is 26.5 Å². The molecular weight excluding hydrogens is 503 g/mol. The maximum atomic E-state index is 12.9. The van der Waals surface area contributed by atoms with Crippen LogP contribution in [0.1, 0.15) is 35.1 Å².